The largest absolute Gasteiger partial charge is 0.504 e. The SMILES string of the molecule is CCOc1cc([N+](=O)[O-])cc(/C=N\NC(=O)COc2c(C)ccc(C)c2C)c1O. The third-order valence-electron chi connectivity index (χ3n) is 4.21. The van der Waals surface area contributed by atoms with Crippen LogP contribution in [0, 0.1) is 30.9 Å². The second-order valence-electron chi connectivity index (χ2n) is 6.31. The highest BCUT2D eigenvalue weighted by Gasteiger charge is 2.16. The van der Waals surface area contributed by atoms with Gasteiger partial charge in [0.15, 0.2) is 18.1 Å². The Labute approximate surface area is 168 Å². The Balaban J connectivity index is 2.07. The van der Waals surface area contributed by atoms with Gasteiger partial charge >= 0.3 is 0 Å². The number of amides is 1. The first-order chi connectivity index (χ1) is 13.7. The van der Waals surface area contributed by atoms with Crippen molar-refractivity contribution in [3.05, 3.63) is 56.6 Å². The molecular formula is C20H23N3O6. The lowest BCUT2D eigenvalue weighted by atomic mass is 10.1. The van der Waals surface area contributed by atoms with Crippen molar-refractivity contribution in [2.45, 2.75) is 27.7 Å². The summed E-state index contributed by atoms with van der Waals surface area (Å²) in [6.45, 7) is 7.40. The van der Waals surface area contributed by atoms with Gasteiger partial charge < -0.3 is 14.6 Å². The number of carbonyl (C=O) groups is 1. The fourth-order valence-electron chi connectivity index (χ4n) is 2.58. The van der Waals surface area contributed by atoms with E-state index < -0.39 is 10.8 Å². The predicted octanol–water partition coefficient (Wildman–Crippen LogP) is 3.15. The Morgan fingerprint density at radius 1 is 1.24 bits per heavy atom. The van der Waals surface area contributed by atoms with Crippen LogP contribution in [-0.2, 0) is 4.79 Å². The van der Waals surface area contributed by atoms with E-state index in [2.05, 4.69) is 10.5 Å². The Morgan fingerprint density at radius 3 is 2.59 bits per heavy atom. The smallest absolute Gasteiger partial charge is 0.277 e. The van der Waals surface area contributed by atoms with Gasteiger partial charge in [-0.05, 0) is 44.4 Å². The number of phenols is 1. The molecule has 0 saturated heterocycles. The Morgan fingerprint density at radius 2 is 1.93 bits per heavy atom. The van der Waals surface area contributed by atoms with Crippen LogP contribution in [0.4, 0.5) is 5.69 Å². The number of non-ortho nitro benzene ring substituents is 1. The first kappa shape index (κ1) is 21.7. The van der Waals surface area contributed by atoms with Crippen molar-refractivity contribution >= 4 is 17.8 Å². The van der Waals surface area contributed by atoms with Crippen LogP contribution < -0.4 is 14.9 Å². The van der Waals surface area contributed by atoms with Crippen LogP contribution in [0.2, 0.25) is 0 Å². The van der Waals surface area contributed by atoms with Gasteiger partial charge in [0.25, 0.3) is 11.6 Å². The highest BCUT2D eigenvalue weighted by atomic mass is 16.6. The van der Waals surface area contributed by atoms with Crippen LogP contribution in [0.3, 0.4) is 0 Å². The second kappa shape index (κ2) is 9.54. The zero-order chi connectivity index (χ0) is 21.6. The van der Waals surface area contributed by atoms with E-state index in [9.17, 15) is 20.0 Å². The topological polar surface area (TPSA) is 123 Å². The minimum atomic E-state index is -0.613. The molecule has 0 saturated carbocycles. The van der Waals surface area contributed by atoms with Gasteiger partial charge in [0.05, 0.1) is 23.8 Å². The van der Waals surface area contributed by atoms with Crippen molar-refractivity contribution in [1.29, 1.82) is 0 Å². The molecule has 29 heavy (non-hydrogen) atoms. The van der Waals surface area contributed by atoms with E-state index in [0.29, 0.717) is 5.75 Å². The number of benzene rings is 2. The summed E-state index contributed by atoms with van der Waals surface area (Å²) in [5.74, 6) is -0.223. The lowest BCUT2D eigenvalue weighted by Gasteiger charge is -2.13. The lowest BCUT2D eigenvalue weighted by molar-refractivity contribution is -0.385. The number of aryl methyl sites for hydroxylation is 2. The highest BCUT2D eigenvalue weighted by molar-refractivity contribution is 5.87. The van der Waals surface area contributed by atoms with E-state index in [4.69, 9.17) is 9.47 Å². The first-order valence-electron chi connectivity index (χ1n) is 8.90. The van der Waals surface area contributed by atoms with Crippen molar-refractivity contribution in [2.75, 3.05) is 13.2 Å². The summed E-state index contributed by atoms with van der Waals surface area (Å²) in [6, 6.07) is 6.14. The number of nitrogens with one attached hydrogen (secondary N) is 1. The second-order valence-corrected chi connectivity index (χ2v) is 6.31. The van der Waals surface area contributed by atoms with Crippen LogP contribution in [0.5, 0.6) is 17.2 Å². The van der Waals surface area contributed by atoms with Gasteiger partial charge in [-0.1, -0.05) is 12.1 Å². The van der Waals surface area contributed by atoms with Crippen LogP contribution in [0.25, 0.3) is 0 Å². The summed E-state index contributed by atoms with van der Waals surface area (Å²) in [7, 11) is 0. The third-order valence-corrected chi connectivity index (χ3v) is 4.21. The van der Waals surface area contributed by atoms with Crippen molar-refractivity contribution in [3.8, 4) is 17.2 Å². The maximum atomic E-state index is 12.0. The molecule has 2 rings (SSSR count). The summed E-state index contributed by atoms with van der Waals surface area (Å²) >= 11 is 0. The Kier molecular flexibility index (Phi) is 7.13. The maximum absolute atomic E-state index is 12.0. The molecule has 0 spiro atoms. The molecule has 9 heteroatoms. The molecule has 2 aromatic carbocycles. The number of hydrazone groups is 1. The molecule has 0 bridgehead atoms. The van der Waals surface area contributed by atoms with Crippen LogP contribution >= 0.6 is 0 Å². The molecule has 0 aliphatic carbocycles. The minimum absolute atomic E-state index is 0.0363. The molecule has 1 amide bonds. The van der Waals surface area contributed by atoms with E-state index in [-0.39, 0.29) is 36.0 Å². The molecule has 0 unspecified atom stereocenters. The molecule has 0 heterocycles. The first-order valence-corrected chi connectivity index (χ1v) is 8.90. The zero-order valence-corrected chi connectivity index (χ0v) is 16.7. The Bertz CT molecular complexity index is 956. The molecule has 2 N–H and O–H groups in total. The number of phenolic OH excluding ortho intramolecular Hbond substituents is 1. The number of nitrogens with zero attached hydrogens (tertiary/aromatic N) is 2. The normalized spacial score (nSPS) is 10.8. The fourth-order valence-corrected chi connectivity index (χ4v) is 2.58. The van der Waals surface area contributed by atoms with Crippen molar-refractivity contribution in [3.63, 3.8) is 0 Å². The molecule has 2 aromatic rings. The minimum Gasteiger partial charge on any atom is -0.504 e. The number of carbonyl (C=O) groups excluding carboxylic acids is 1. The summed E-state index contributed by atoms with van der Waals surface area (Å²) in [5, 5.41) is 24.9. The average Bonchev–Trinajstić information content (AvgIpc) is 2.67. The standard InChI is InChI=1S/C20H23N3O6/c1-5-28-17-9-16(23(26)27)8-15(19(17)25)10-21-22-18(24)11-29-20-13(3)7-6-12(2)14(20)4/h6-10,25H,5,11H2,1-4H3,(H,22,24)/b21-10-. The van der Waals surface area contributed by atoms with Gasteiger partial charge in [-0.2, -0.15) is 5.10 Å². The maximum Gasteiger partial charge on any atom is 0.277 e. The monoisotopic (exact) mass is 401 g/mol. The number of hydrogen-bond acceptors (Lipinski definition) is 7. The van der Waals surface area contributed by atoms with Gasteiger partial charge in [0, 0.05) is 11.6 Å². The molecule has 0 atom stereocenters. The number of hydrogen-bond donors (Lipinski definition) is 2. The molecule has 154 valence electrons. The van der Waals surface area contributed by atoms with E-state index >= 15 is 0 Å². The van der Waals surface area contributed by atoms with Gasteiger partial charge in [-0.15, -0.1) is 0 Å². The summed E-state index contributed by atoms with van der Waals surface area (Å²) in [6.07, 6.45) is 1.10. The van der Waals surface area contributed by atoms with E-state index in [1.807, 2.05) is 32.9 Å². The van der Waals surface area contributed by atoms with Gasteiger partial charge in [0.2, 0.25) is 0 Å². The Hall–Kier alpha value is -3.62. The zero-order valence-electron chi connectivity index (χ0n) is 16.7. The number of nitro groups is 1. The van der Waals surface area contributed by atoms with Crippen molar-refractivity contribution in [2.24, 2.45) is 5.10 Å². The molecule has 9 nitrogen and oxygen atoms in total. The van der Waals surface area contributed by atoms with Crippen molar-refractivity contribution in [1.82, 2.24) is 5.43 Å². The van der Waals surface area contributed by atoms with Gasteiger partial charge in [-0.3, -0.25) is 14.9 Å². The van der Waals surface area contributed by atoms with Crippen LogP contribution in [-0.4, -0.2) is 35.4 Å². The summed E-state index contributed by atoms with van der Waals surface area (Å²) < 4.78 is 10.8. The van der Waals surface area contributed by atoms with E-state index in [1.165, 1.54) is 0 Å². The molecule has 0 aliphatic heterocycles. The molecule has 0 radical (unpaired) electrons. The molecular weight excluding hydrogens is 378 g/mol. The number of ether oxygens (including phenoxy) is 2. The van der Waals surface area contributed by atoms with E-state index in [1.54, 1.807) is 6.92 Å². The highest BCUT2D eigenvalue weighted by Crippen LogP contribution is 2.33. The van der Waals surface area contributed by atoms with Crippen molar-refractivity contribution < 1.29 is 24.3 Å². The van der Waals surface area contributed by atoms with Crippen LogP contribution in [0.15, 0.2) is 29.4 Å². The summed E-state index contributed by atoms with van der Waals surface area (Å²) in [4.78, 5) is 22.4. The summed E-state index contributed by atoms with van der Waals surface area (Å²) in [5.41, 5.74) is 4.94. The van der Waals surface area contributed by atoms with E-state index in [0.717, 1.165) is 35.0 Å². The molecule has 0 aliphatic rings. The molecule has 0 aromatic heterocycles. The number of rotatable bonds is 8. The third kappa shape index (κ3) is 5.44. The average molecular weight is 401 g/mol. The molecule has 0 fully saturated rings. The predicted molar refractivity (Wildman–Crippen MR) is 108 cm³/mol. The quantitative estimate of drug-likeness (QED) is 0.398. The van der Waals surface area contributed by atoms with Gasteiger partial charge in [0.1, 0.15) is 5.75 Å². The lowest BCUT2D eigenvalue weighted by Crippen LogP contribution is -2.25. The van der Waals surface area contributed by atoms with Crippen LogP contribution in [0.1, 0.15) is 29.2 Å². The number of aromatic hydroxyl groups is 1. The van der Waals surface area contributed by atoms with Gasteiger partial charge in [-0.25, -0.2) is 5.43 Å². The number of nitro benzene ring substituents is 1. The fraction of sp³-hybridized carbons (Fsp3) is 0.300.